The van der Waals surface area contributed by atoms with Crippen LogP contribution in [0.15, 0.2) is 35.4 Å². The SMILES string of the molecule is CCCCCCCCCC(=O)N/N=C(\CC(C)C)c1ccccc1. The third-order valence-corrected chi connectivity index (χ3v) is 4.03. The van der Waals surface area contributed by atoms with Crippen molar-refractivity contribution in [1.82, 2.24) is 5.43 Å². The van der Waals surface area contributed by atoms with Crippen LogP contribution in [0.1, 0.15) is 84.1 Å². The van der Waals surface area contributed by atoms with Crippen LogP contribution in [-0.4, -0.2) is 11.6 Å². The van der Waals surface area contributed by atoms with E-state index in [1.165, 1.54) is 32.1 Å². The molecule has 134 valence electrons. The highest BCUT2D eigenvalue weighted by atomic mass is 16.2. The van der Waals surface area contributed by atoms with Crippen molar-refractivity contribution < 1.29 is 4.79 Å². The van der Waals surface area contributed by atoms with E-state index in [0.29, 0.717) is 12.3 Å². The van der Waals surface area contributed by atoms with Crippen LogP contribution < -0.4 is 5.43 Å². The van der Waals surface area contributed by atoms with E-state index in [1.54, 1.807) is 0 Å². The van der Waals surface area contributed by atoms with Crippen molar-refractivity contribution in [1.29, 1.82) is 0 Å². The highest BCUT2D eigenvalue weighted by Gasteiger charge is 2.07. The summed E-state index contributed by atoms with van der Waals surface area (Å²) in [5, 5.41) is 4.39. The molecule has 24 heavy (non-hydrogen) atoms. The highest BCUT2D eigenvalue weighted by molar-refractivity contribution is 6.01. The molecule has 0 bridgehead atoms. The minimum Gasteiger partial charge on any atom is -0.273 e. The Morgan fingerprint density at radius 2 is 1.62 bits per heavy atom. The van der Waals surface area contributed by atoms with Crippen molar-refractivity contribution in [2.24, 2.45) is 11.0 Å². The van der Waals surface area contributed by atoms with Crippen LogP contribution in [0.5, 0.6) is 0 Å². The van der Waals surface area contributed by atoms with Crippen LogP contribution in [0.4, 0.5) is 0 Å². The van der Waals surface area contributed by atoms with E-state index in [4.69, 9.17) is 0 Å². The lowest BCUT2D eigenvalue weighted by molar-refractivity contribution is -0.121. The Morgan fingerprint density at radius 3 is 2.25 bits per heavy atom. The Morgan fingerprint density at radius 1 is 1.00 bits per heavy atom. The Hall–Kier alpha value is -1.64. The zero-order valence-electron chi connectivity index (χ0n) is 15.7. The Labute approximate surface area is 147 Å². The molecule has 0 atom stereocenters. The van der Waals surface area contributed by atoms with Crippen molar-refractivity contribution in [2.45, 2.75) is 78.6 Å². The fourth-order valence-corrected chi connectivity index (χ4v) is 2.67. The summed E-state index contributed by atoms with van der Waals surface area (Å²) in [6.07, 6.45) is 9.98. The molecule has 0 aliphatic carbocycles. The maximum atomic E-state index is 12.0. The number of hydrazone groups is 1. The summed E-state index contributed by atoms with van der Waals surface area (Å²) < 4.78 is 0. The molecule has 0 radical (unpaired) electrons. The monoisotopic (exact) mass is 330 g/mol. The normalized spacial score (nSPS) is 11.8. The van der Waals surface area contributed by atoms with Crippen LogP contribution in [0.25, 0.3) is 0 Å². The lowest BCUT2D eigenvalue weighted by Gasteiger charge is -2.10. The minimum atomic E-state index is 0.0285. The molecule has 0 aromatic heterocycles. The van der Waals surface area contributed by atoms with E-state index in [9.17, 15) is 4.79 Å². The van der Waals surface area contributed by atoms with Gasteiger partial charge in [0.15, 0.2) is 0 Å². The molecule has 1 amide bonds. The average Bonchev–Trinajstić information content (AvgIpc) is 2.58. The van der Waals surface area contributed by atoms with Gasteiger partial charge < -0.3 is 0 Å². The van der Waals surface area contributed by atoms with E-state index in [1.807, 2.05) is 30.3 Å². The summed E-state index contributed by atoms with van der Waals surface area (Å²) in [6, 6.07) is 10.1. The first-order valence-corrected chi connectivity index (χ1v) is 9.54. The molecule has 0 fully saturated rings. The first-order chi connectivity index (χ1) is 11.6. The lowest BCUT2D eigenvalue weighted by Crippen LogP contribution is -2.20. The van der Waals surface area contributed by atoms with Crippen molar-refractivity contribution in [3.8, 4) is 0 Å². The fraction of sp³-hybridized carbons (Fsp3) is 0.619. The van der Waals surface area contributed by atoms with Gasteiger partial charge in [0.05, 0.1) is 5.71 Å². The number of nitrogens with one attached hydrogen (secondary N) is 1. The van der Waals surface area contributed by atoms with Gasteiger partial charge >= 0.3 is 0 Å². The molecule has 0 saturated carbocycles. The van der Waals surface area contributed by atoms with Gasteiger partial charge in [-0.3, -0.25) is 4.79 Å². The summed E-state index contributed by atoms with van der Waals surface area (Å²) in [4.78, 5) is 12.0. The molecule has 0 unspecified atom stereocenters. The van der Waals surface area contributed by atoms with Crippen molar-refractivity contribution in [2.75, 3.05) is 0 Å². The molecular weight excluding hydrogens is 296 g/mol. The van der Waals surface area contributed by atoms with Gasteiger partial charge in [0.25, 0.3) is 0 Å². The van der Waals surface area contributed by atoms with Gasteiger partial charge in [-0.1, -0.05) is 89.6 Å². The second-order valence-electron chi connectivity index (χ2n) is 6.93. The molecule has 1 N–H and O–H groups in total. The smallest absolute Gasteiger partial charge is 0.240 e. The number of rotatable bonds is 12. The Bertz CT molecular complexity index is 480. The Kier molecular flexibility index (Phi) is 10.8. The number of unbranched alkanes of at least 4 members (excludes halogenated alkanes) is 6. The average molecular weight is 331 g/mol. The molecule has 3 heteroatoms. The van der Waals surface area contributed by atoms with Gasteiger partial charge in [0, 0.05) is 6.42 Å². The number of nitrogens with zero attached hydrogens (tertiary/aromatic N) is 1. The summed E-state index contributed by atoms with van der Waals surface area (Å²) in [5.41, 5.74) is 4.79. The predicted molar refractivity (Wildman–Crippen MR) is 103 cm³/mol. The standard InChI is InChI=1S/C21H34N2O/c1-4-5-6-7-8-9-13-16-21(24)23-22-20(17-18(2)3)19-14-11-10-12-15-19/h10-12,14-15,18H,4-9,13,16-17H2,1-3H3,(H,23,24)/b22-20+. The molecule has 0 heterocycles. The molecular formula is C21H34N2O. The van der Waals surface area contributed by atoms with Crippen LogP contribution >= 0.6 is 0 Å². The lowest BCUT2D eigenvalue weighted by atomic mass is 10.0. The highest BCUT2D eigenvalue weighted by Crippen LogP contribution is 2.11. The van der Waals surface area contributed by atoms with Crippen molar-refractivity contribution in [3.05, 3.63) is 35.9 Å². The van der Waals surface area contributed by atoms with Gasteiger partial charge in [-0.25, -0.2) is 5.43 Å². The molecule has 0 spiro atoms. The quantitative estimate of drug-likeness (QED) is 0.298. The summed E-state index contributed by atoms with van der Waals surface area (Å²) >= 11 is 0. The Balaban J connectivity index is 2.36. The van der Waals surface area contributed by atoms with Gasteiger partial charge in [0.1, 0.15) is 0 Å². The van der Waals surface area contributed by atoms with Gasteiger partial charge in [-0.2, -0.15) is 5.10 Å². The van der Waals surface area contributed by atoms with Crippen molar-refractivity contribution in [3.63, 3.8) is 0 Å². The fourth-order valence-electron chi connectivity index (χ4n) is 2.67. The zero-order valence-corrected chi connectivity index (χ0v) is 15.7. The number of amides is 1. The topological polar surface area (TPSA) is 41.5 Å². The van der Waals surface area contributed by atoms with Crippen LogP contribution in [0, 0.1) is 5.92 Å². The van der Waals surface area contributed by atoms with E-state index in [-0.39, 0.29) is 5.91 Å². The van der Waals surface area contributed by atoms with Gasteiger partial charge in [0.2, 0.25) is 5.91 Å². The summed E-state index contributed by atoms with van der Waals surface area (Å²) in [7, 11) is 0. The van der Waals surface area contributed by atoms with E-state index in [2.05, 4.69) is 31.3 Å². The molecule has 1 aromatic rings. The number of benzene rings is 1. The largest absolute Gasteiger partial charge is 0.273 e. The molecule has 3 nitrogen and oxygen atoms in total. The maximum Gasteiger partial charge on any atom is 0.240 e. The van der Waals surface area contributed by atoms with E-state index >= 15 is 0 Å². The van der Waals surface area contributed by atoms with Crippen LogP contribution in [0.2, 0.25) is 0 Å². The number of carbonyl (C=O) groups excluding carboxylic acids is 1. The number of carbonyl (C=O) groups is 1. The second kappa shape index (κ2) is 12.7. The summed E-state index contributed by atoms with van der Waals surface area (Å²) in [6.45, 7) is 6.56. The van der Waals surface area contributed by atoms with Crippen LogP contribution in [0.3, 0.4) is 0 Å². The second-order valence-corrected chi connectivity index (χ2v) is 6.93. The predicted octanol–water partition coefficient (Wildman–Crippen LogP) is 5.69. The van der Waals surface area contributed by atoms with Gasteiger partial charge in [-0.05, 0) is 24.3 Å². The van der Waals surface area contributed by atoms with E-state index < -0.39 is 0 Å². The minimum absolute atomic E-state index is 0.0285. The molecule has 0 saturated heterocycles. The molecule has 1 aromatic carbocycles. The van der Waals surface area contributed by atoms with Gasteiger partial charge in [-0.15, -0.1) is 0 Å². The number of hydrogen-bond acceptors (Lipinski definition) is 2. The third-order valence-electron chi connectivity index (χ3n) is 4.03. The van der Waals surface area contributed by atoms with Crippen LogP contribution in [-0.2, 0) is 4.79 Å². The molecule has 0 aliphatic rings. The third kappa shape index (κ3) is 9.49. The molecule has 1 rings (SSSR count). The van der Waals surface area contributed by atoms with E-state index in [0.717, 1.165) is 30.5 Å². The first kappa shape index (κ1) is 20.4. The maximum absolute atomic E-state index is 12.0. The number of hydrogen-bond donors (Lipinski definition) is 1. The van der Waals surface area contributed by atoms with Crippen molar-refractivity contribution >= 4 is 11.6 Å². The zero-order chi connectivity index (χ0) is 17.6. The summed E-state index contributed by atoms with van der Waals surface area (Å²) in [5.74, 6) is 0.532. The first-order valence-electron chi connectivity index (χ1n) is 9.54. The molecule has 0 aliphatic heterocycles.